The van der Waals surface area contributed by atoms with E-state index in [1.807, 2.05) is 42.6 Å². The van der Waals surface area contributed by atoms with Crippen molar-refractivity contribution in [2.75, 3.05) is 33.3 Å². The summed E-state index contributed by atoms with van der Waals surface area (Å²) in [4.78, 5) is 25.0. The molecule has 0 atom stereocenters. The third kappa shape index (κ3) is 5.15. The lowest BCUT2D eigenvalue weighted by Crippen LogP contribution is -2.26. The standard InChI is InChI=1S/C22H23N7O4/c1-31-13-21(30)23-12-15-5-4-6-18(25-15)27-19-10-20-26-16(7-8-29(20)28-19)14-9-17(32-2)22(33-3)24-11-14/h4-11H,12-13H2,1-3H3,(H,23,30)(H,25,27,28). The van der Waals surface area contributed by atoms with Gasteiger partial charge < -0.3 is 24.8 Å². The Bertz CT molecular complexity index is 1270. The van der Waals surface area contributed by atoms with Crippen molar-refractivity contribution < 1.29 is 19.0 Å². The van der Waals surface area contributed by atoms with E-state index < -0.39 is 0 Å². The zero-order valence-electron chi connectivity index (χ0n) is 18.4. The molecule has 0 aliphatic carbocycles. The Kier molecular flexibility index (Phi) is 6.60. The van der Waals surface area contributed by atoms with Gasteiger partial charge in [-0.05, 0) is 24.3 Å². The maximum atomic E-state index is 11.6. The Morgan fingerprint density at radius 1 is 1.06 bits per heavy atom. The Morgan fingerprint density at radius 3 is 2.73 bits per heavy atom. The van der Waals surface area contributed by atoms with Crippen LogP contribution in [0.1, 0.15) is 5.69 Å². The van der Waals surface area contributed by atoms with Crippen molar-refractivity contribution in [1.82, 2.24) is 29.9 Å². The Balaban J connectivity index is 1.51. The largest absolute Gasteiger partial charge is 0.491 e. The molecule has 0 radical (unpaired) electrons. The van der Waals surface area contributed by atoms with Crippen LogP contribution in [-0.2, 0) is 16.1 Å². The van der Waals surface area contributed by atoms with Gasteiger partial charge >= 0.3 is 0 Å². The molecule has 1 amide bonds. The fraction of sp³-hybridized carbons (Fsp3) is 0.227. The highest BCUT2D eigenvalue weighted by Crippen LogP contribution is 2.29. The average molecular weight is 449 g/mol. The van der Waals surface area contributed by atoms with Crippen LogP contribution < -0.4 is 20.1 Å². The van der Waals surface area contributed by atoms with Crippen molar-refractivity contribution in [2.45, 2.75) is 6.54 Å². The number of aromatic nitrogens is 5. The van der Waals surface area contributed by atoms with Gasteiger partial charge in [0.15, 0.2) is 17.2 Å². The quantitative estimate of drug-likeness (QED) is 0.396. The van der Waals surface area contributed by atoms with Gasteiger partial charge in [-0.15, -0.1) is 5.10 Å². The number of nitrogens with zero attached hydrogens (tertiary/aromatic N) is 5. The van der Waals surface area contributed by atoms with Crippen LogP contribution in [0.3, 0.4) is 0 Å². The maximum Gasteiger partial charge on any atom is 0.256 e. The maximum absolute atomic E-state index is 11.6. The second-order valence-electron chi connectivity index (χ2n) is 6.93. The summed E-state index contributed by atoms with van der Waals surface area (Å²) in [6.07, 6.45) is 3.49. The summed E-state index contributed by atoms with van der Waals surface area (Å²) in [7, 11) is 4.57. The van der Waals surface area contributed by atoms with Crippen LogP contribution in [0.25, 0.3) is 16.9 Å². The van der Waals surface area contributed by atoms with Crippen molar-refractivity contribution in [3.63, 3.8) is 0 Å². The monoisotopic (exact) mass is 449 g/mol. The molecule has 0 bridgehead atoms. The number of nitrogens with one attached hydrogen (secondary N) is 2. The number of pyridine rings is 2. The third-order valence-corrected chi connectivity index (χ3v) is 4.66. The number of rotatable bonds is 9. The van der Waals surface area contributed by atoms with Gasteiger partial charge in [0.05, 0.1) is 32.2 Å². The first kappa shape index (κ1) is 22.0. The summed E-state index contributed by atoms with van der Waals surface area (Å²) in [5.74, 6) is 1.91. The van der Waals surface area contributed by atoms with Crippen LogP contribution >= 0.6 is 0 Å². The molecule has 4 aromatic rings. The van der Waals surface area contributed by atoms with E-state index in [0.29, 0.717) is 46.8 Å². The molecule has 11 heteroatoms. The topological polar surface area (TPSA) is 125 Å². The summed E-state index contributed by atoms with van der Waals surface area (Å²) < 4.78 is 17.0. The van der Waals surface area contributed by atoms with E-state index in [9.17, 15) is 4.79 Å². The van der Waals surface area contributed by atoms with E-state index in [0.717, 1.165) is 5.56 Å². The fourth-order valence-corrected chi connectivity index (χ4v) is 3.12. The average Bonchev–Trinajstić information content (AvgIpc) is 3.24. The van der Waals surface area contributed by atoms with E-state index in [-0.39, 0.29) is 12.5 Å². The molecule has 0 spiro atoms. The summed E-state index contributed by atoms with van der Waals surface area (Å²) in [5.41, 5.74) is 2.85. The number of carbonyl (C=O) groups excluding carboxylic acids is 1. The van der Waals surface area contributed by atoms with E-state index in [1.54, 1.807) is 17.8 Å². The lowest BCUT2D eigenvalue weighted by molar-refractivity contribution is -0.124. The summed E-state index contributed by atoms with van der Waals surface area (Å²) in [6, 6.07) is 11.0. The van der Waals surface area contributed by atoms with Gasteiger partial charge in [0, 0.05) is 31.1 Å². The molecular formula is C22H23N7O4. The van der Waals surface area contributed by atoms with Crippen LogP contribution in [0, 0.1) is 0 Å². The van der Waals surface area contributed by atoms with Crippen LogP contribution in [0.4, 0.5) is 11.6 Å². The highest BCUT2D eigenvalue weighted by atomic mass is 16.5. The Labute approximate surface area is 189 Å². The first-order valence-corrected chi connectivity index (χ1v) is 10.0. The van der Waals surface area contributed by atoms with Gasteiger partial charge in [0.1, 0.15) is 12.4 Å². The normalized spacial score (nSPS) is 10.8. The van der Waals surface area contributed by atoms with E-state index in [4.69, 9.17) is 14.2 Å². The van der Waals surface area contributed by atoms with Gasteiger partial charge in [-0.25, -0.2) is 19.5 Å². The van der Waals surface area contributed by atoms with Crippen molar-refractivity contribution in [3.8, 4) is 22.9 Å². The predicted octanol–water partition coefficient (Wildman–Crippen LogP) is 2.21. The van der Waals surface area contributed by atoms with Gasteiger partial charge in [-0.1, -0.05) is 6.07 Å². The molecule has 0 saturated heterocycles. The number of ether oxygens (including phenoxy) is 3. The first-order chi connectivity index (χ1) is 16.1. The zero-order chi connectivity index (χ0) is 23.2. The molecule has 0 aromatic carbocycles. The minimum absolute atomic E-state index is 0.00749. The minimum Gasteiger partial charge on any atom is -0.491 e. The summed E-state index contributed by atoms with van der Waals surface area (Å²) in [5, 5.41) is 10.4. The number of amides is 1. The van der Waals surface area contributed by atoms with Gasteiger partial charge in [0.25, 0.3) is 5.88 Å². The zero-order valence-corrected chi connectivity index (χ0v) is 18.4. The minimum atomic E-state index is -0.204. The van der Waals surface area contributed by atoms with E-state index in [1.165, 1.54) is 14.2 Å². The van der Waals surface area contributed by atoms with Crippen molar-refractivity contribution in [2.24, 2.45) is 0 Å². The Morgan fingerprint density at radius 2 is 1.94 bits per heavy atom. The van der Waals surface area contributed by atoms with Crippen molar-refractivity contribution >= 4 is 23.2 Å². The van der Waals surface area contributed by atoms with Crippen LogP contribution in [-0.4, -0.2) is 58.4 Å². The molecule has 170 valence electrons. The van der Waals surface area contributed by atoms with Crippen molar-refractivity contribution in [3.05, 3.63) is 54.5 Å². The molecule has 4 aromatic heterocycles. The molecule has 11 nitrogen and oxygen atoms in total. The van der Waals surface area contributed by atoms with Gasteiger partial charge in [-0.2, -0.15) is 0 Å². The number of anilines is 2. The summed E-state index contributed by atoms with van der Waals surface area (Å²) >= 11 is 0. The molecular weight excluding hydrogens is 426 g/mol. The van der Waals surface area contributed by atoms with Gasteiger partial charge in [0.2, 0.25) is 5.91 Å². The lowest BCUT2D eigenvalue weighted by Gasteiger charge is -2.08. The van der Waals surface area contributed by atoms with Crippen molar-refractivity contribution in [1.29, 1.82) is 0 Å². The molecule has 4 heterocycles. The predicted molar refractivity (Wildman–Crippen MR) is 121 cm³/mol. The Hall–Kier alpha value is -4.25. The molecule has 4 rings (SSSR count). The number of hydrogen-bond donors (Lipinski definition) is 2. The fourth-order valence-electron chi connectivity index (χ4n) is 3.12. The molecule has 2 N–H and O–H groups in total. The SMILES string of the molecule is COCC(=O)NCc1cccc(Nc2cc3nc(-c4cnc(OC)c(OC)c4)ccn3n2)n1. The number of carbonyl (C=O) groups is 1. The third-order valence-electron chi connectivity index (χ3n) is 4.66. The van der Waals surface area contributed by atoms with Crippen LogP contribution in [0.15, 0.2) is 48.8 Å². The molecule has 0 unspecified atom stereocenters. The highest BCUT2D eigenvalue weighted by Gasteiger charge is 2.11. The van der Waals surface area contributed by atoms with Crippen LogP contribution in [0.2, 0.25) is 0 Å². The highest BCUT2D eigenvalue weighted by molar-refractivity contribution is 5.77. The van der Waals surface area contributed by atoms with Gasteiger partial charge in [-0.3, -0.25) is 4.79 Å². The molecule has 0 aliphatic heterocycles. The molecule has 33 heavy (non-hydrogen) atoms. The van der Waals surface area contributed by atoms with E-state index in [2.05, 4.69) is 30.7 Å². The molecule has 0 fully saturated rings. The smallest absolute Gasteiger partial charge is 0.256 e. The summed E-state index contributed by atoms with van der Waals surface area (Å²) in [6.45, 7) is 0.306. The lowest BCUT2D eigenvalue weighted by atomic mass is 10.2. The second kappa shape index (κ2) is 9.92. The van der Waals surface area contributed by atoms with Crippen LogP contribution in [0.5, 0.6) is 11.6 Å². The number of hydrogen-bond acceptors (Lipinski definition) is 9. The second-order valence-corrected chi connectivity index (χ2v) is 6.93. The van der Waals surface area contributed by atoms with E-state index >= 15 is 0 Å². The number of methoxy groups -OCH3 is 3. The number of fused-ring (bicyclic) bond motifs is 1. The molecule has 0 saturated carbocycles. The molecule has 0 aliphatic rings. The first-order valence-electron chi connectivity index (χ1n) is 10.0.